The van der Waals surface area contributed by atoms with Crippen molar-refractivity contribution in [2.24, 2.45) is 0 Å². The van der Waals surface area contributed by atoms with Crippen molar-refractivity contribution in [2.45, 2.75) is 6.54 Å². The normalized spacial score (nSPS) is 10.0. The SMILES string of the molecule is N#Cc1ccc(CNc2ccc(Cl)cc2I)c(F)c1. The fourth-order valence-electron chi connectivity index (χ4n) is 1.58. The van der Waals surface area contributed by atoms with Crippen molar-refractivity contribution in [1.29, 1.82) is 5.26 Å². The second kappa shape index (κ2) is 6.22. The van der Waals surface area contributed by atoms with Gasteiger partial charge < -0.3 is 5.32 Å². The number of hydrogen-bond acceptors (Lipinski definition) is 2. The van der Waals surface area contributed by atoms with Gasteiger partial charge >= 0.3 is 0 Å². The van der Waals surface area contributed by atoms with Crippen molar-refractivity contribution in [2.75, 3.05) is 5.32 Å². The lowest BCUT2D eigenvalue weighted by atomic mass is 10.1. The Labute approximate surface area is 129 Å². The molecule has 0 radical (unpaired) electrons. The standard InChI is InChI=1S/C14H9ClFIN2/c15-11-3-4-14(13(17)6-11)19-8-10-2-1-9(7-18)5-12(10)16/h1-6,19H,8H2. The summed E-state index contributed by atoms with van der Waals surface area (Å²) in [6.07, 6.45) is 0. The van der Waals surface area contributed by atoms with E-state index < -0.39 is 0 Å². The lowest BCUT2D eigenvalue weighted by Crippen LogP contribution is -2.03. The smallest absolute Gasteiger partial charge is 0.129 e. The molecule has 0 unspecified atom stereocenters. The molecule has 0 amide bonds. The van der Waals surface area contributed by atoms with E-state index in [4.69, 9.17) is 16.9 Å². The number of rotatable bonds is 3. The van der Waals surface area contributed by atoms with Crippen LogP contribution < -0.4 is 5.32 Å². The number of hydrogen-bond donors (Lipinski definition) is 1. The van der Waals surface area contributed by atoms with Crippen molar-refractivity contribution in [3.05, 3.63) is 61.9 Å². The fraction of sp³-hybridized carbons (Fsp3) is 0.0714. The zero-order valence-corrected chi connectivity index (χ0v) is 12.7. The second-order valence-electron chi connectivity index (χ2n) is 3.90. The predicted molar refractivity (Wildman–Crippen MR) is 82.6 cm³/mol. The minimum atomic E-state index is -0.379. The molecule has 0 fully saturated rings. The van der Waals surface area contributed by atoms with Crippen LogP contribution in [0, 0.1) is 20.7 Å². The number of nitrogens with one attached hydrogen (secondary N) is 1. The summed E-state index contributed by atoms with van der Waals surface area (Å²) in [5.74, 6) is -0.379. The molecule has 0 spiro atoms. The molecule has 0 heterocycles. The molecule has 2 nitrogen and oxygen atoms in total. The van der Waals surface area contributed by atoms with Crippen molar-refractivity contribution in [3.8, 4) is 6.07 Å². The summed E-state index contributed by atoms with van der Waals surface area (Å²) < 4.78 is 14.7. The summed E-state index contributed by atoms with van der Waals surface area (Å²) in [4.78, 5) is 0. The third-order valence-electron chi connectivity index (χ3n) is 2.58. The third-order valence-corrected chi connectivity index (χ3v) is 3.71. The lowest BCUT2D eigenvalue weighted by Gasteiger charge is -2.09. The van der Waals surface area contributed by atoms with E-state index in [2.05, 4.69) is 27.9 Å². The largest absolute Gasteiger partial charge is 0.380 e. The highest BCUT2D eigenvalue weighted by Crippen LogP contribution is 2.23. The quantitative estimate of drug-likeness (QED) is 0.785. The Kier molecular flexibility index (Phi) is 4.61. The Morgan fingerprint density at radius 2 is 2.05 bits per heavy atom. The second-order valence-corrected chi connectivity index (χ2v) is 5.49. The Morgan fingerprint density at radius 3 is 2.68 bits per heavy atom. The van der Waals surface area contributed by atoms with Gasteiger partial charge in [-0.1, -0.05) is 17.7 Å². The van der Waals surface area contributed by atoms with Gasteiger partial charge in [-0.2, -0.15) is 5.26 Å². The van der Waals surface area contributed by atoms with E-state index in [1.807, 2.05) is 18.2 Å². The van der Waals surface area contributed by atoms with Crippen LogP contribution in [-0.4, -0.2) is 0 Å². The molecule has 0 saturated carbocycles. The molecular weight excluding hydrogens is 378 g/mol. The van der Waals surface area contributed by atoms with Gasteiger partial charge in [0.05, 0.1) is 11.6 Å². The molecule has 5 heteroatoms. The highest BCUT2D eigenvalue weighted by molar-refractivity contribution is 14.1. The van der Waals surface area contributed by atoms with E-state index in [1.165, 1.54) is 6.07 Å². The van der Waals surface area contributed by atoms with Gasteiger partial charge in [0.1, 0.15) is 5.82 Å². The molecule has 19 heavy (non-hydrogen) atoms. The van der Waals surface area contributed by atoms with Gasteiger partial charge in [-0.05, 0) is 52.9 Å². The van der Waals surface area contributed by atoms with Crippen molar-refractivity contribution < 1.29 is 4.39 Å². The third kappa shape index (κ3) is 3.58. The molecule has 0 bridgehead atoms. The predicted octanol–water partition coefficient (Wildman–Crippen LogP) is 4.57. The zero-order chi connectivity index (χ0) is 13.8. The lowest BCUT2D eigenvalue weighted by molar-refractivity contribution is 0.612. The molecule has 1 N–H and O–H groups in total. The number of anilines is 1. The molecule has 2 aromatic rings. The number of nitrogens with zero attached hydrogens (tertiary/aromatic N) is 1. The van der Waals surface area contributed by atoms with Gasteiger partial charge in [0, 0.05) is 26.4 Å². The summed E-state index contributed by atoms with van der Waals surface area (Å²) in [5.41, 5.74) is 1.74. The van der Waals surface area contributed by atoms with Crippen LogP contribution in [-0.2, 0) is 6.54 Å². The molecule has 96 valence electrons. The maximum atomic E-state index is 13.7. The molecule has 0 aliphatic heterocycles. The summed E-state index contributed by atoms with van der Waals surface area (Å²) in [5, 5.41) is 12.5. The number of halogens is 3. The molecule has 0 atom stereocenters. The van der Waals surface area contributed by atoms with Crippen LogP contribution in [0.1, 0.15) is 11.1 Å². The van der Waals surface area contributed by atoms with E-state index in [0.29, 0.717) is 22.7 Å². The molecule has 0 aliphatic rings. The first-order valence-electron chi connectivity index (χ1n) is 5.47. The maximum Gasteiger partial charge on any atom is 0.129 e. The van der Waals surface area contributed by atoms with Crippen LogP contribution >= 0.6 is 34.2 Å². The van der Waals surface area contributed by atoms with Crippen LogP contribution in [0.4, 0.5) is 10.1 Å². The molecule has 0 saturated heterocycles. The highest BCUT2D eigenvalue weighted by atomic mass is 127. The topological polar surface area (TPSA) is 35.8 Å². The van der Waals surface area contributed by atoms with Gasteiger partial charge in [-0.3, -0.25) is 0 Å². The van der Waals surface area contributed by atoms with E-state index in [9.17, 15) is 4.39 Å². The minimum Gasteiger partial charge on any atom is -0.380 e. The van der Waals surface area contributed by atoms with Crippen LogP contribution in [0.2, 0.25) is 5.02 Å². The van der Waals surface area contributed by atoms with Crippen molar-refractivity contribution in [3.63, 3.8) is 0 Å². The molecule has 0 aliphatic carbocycles. The first-order chi connectivity index (χ1) is 9.10. The average molecular weight is 387 g/mol. The Balaban J connectivity index is 2.13. The van der Waals surface area contributed by atoms with Gasteiger partial charge in [0.2, 0.25) is 0 Å². The van der Waals surface area contributed by atoms with Crippen LogP contribution in [0.25, 0.3) is 0 Å². The maximum absolute atomic E-state index is 13.7. The van der Waals surface area contributed by atoms with Crippen LogP contribution in [0.3, 0.4) is 0 Å². The molecule has 2 aromatic carbocycles. The van der Waals surface area contributed by atoms with Crippen molar-refractivity contribution >= 4 is 39.9 Å². The number of nitriles is 1. The average Bonchev–Trinajstić information content (AvgIpc) is 2.39. The zero-order valence-electron chi connectivity index (χ0n) is 9.75. The minimum absolute atomic E-state index is 0.322. The van der Waals surface area contributed by atoms with Gasteiger partial charge in [0.25, 0.3) is 0 Å². The summed E-state index contributed by atoms with van der Waals surface area (Å²) in [6.45, 7) is 0.356. The molecular formula is C14H9ClFIN2. The highest BCUT2D eigenvalue weighted by Gasteiger charge is 2.05. The van der Waals surface area contributed by atoms with E-state index in [1.54, 1.807) is 18.2 Å². The Morgan fingerprint density at radius 1 is 1.26 bits per heavy atom. The van der Waals surface area contributed by atoms with Gasteiger partial charge in [-0.25, -0.2) is 4.39 Å². The summed E-state index contributed by atoms with van der Waals surface area (Å²) in [6, 6.07) is 11.8. The Hall–Kier alpha value is -1.32. The summed E-state index contributed by atoms with van der Waals surface area (Å²) in [7, 11) is 0. The van der Waals surface area contributed by atoms with E-state index >= 15 is 0 Å². The van der Waals surface area contributed by atoms with Crippen molar-refractivity contribution in [1.82, 2.24) is 0 Å². The monoisotopic (exact) mass is 386 g/mol. The van der Waals surface area contributed by atoms with Gasteiger partial charge in [-0.15, -0.1) is 0 Å². The van der Waals surface area contributed by atoms with Crippen LogP contribution in [0.15, 0.2) is 36.4 Å². The molecule has 2 rings (SSSR count). The van der Waals surface area contributed by atoms with E-state index in [0.717, 1.165) is 9.26 Å². The first kappa shape index (κ1) is 14.1. The number of benzene rings is 2. The fourth-order valence-corrected chi connectivity index (χ4v) is 2.65. The first-order valence-corrected chi connectivity index (χ1v) is 6.93. The van der Waals surface area contributed by atoms with Gasteiger partial charge in [0.15, 0.2) is 0 Å². The van der Waals surface area contributed by atoms with E-state index in [-0.39, 0.29) is 5.82 Å². The Bertz CT molecular complexity index is 652. The summed E-state index contributed by atoms with van der Waals surface area (Å²) >= 11 is 8.03. The molecule has 0 aromatic heterocycles. The van der Waals surface area contributed by atoms with Crippen LogP contribution in [0.5, 0.6) is 0 Å².